The van der Waals surface area contributed by atoms with E-state index < -0.39 is 0 Å². The van der Waals surface area contributed by atoms with Gasteiger partial charge in [-0.15, -0.1) is 0 Å². The average Bonchev–Trinajstić information content (AvgIpc) is 2.67. The number of rotatable bonds is 0. The fourth-order valence-corrected chi connectivity index (χ4v) is 2.92. The summed E-state index contributed by atoms with van der Waals surface area (Å²) in [5, 5.41) is 12.6. The molecule has 16 heavy (non-hydrogen) atoms. The van der Waals surface area contributed by atoms with E-state index in [1.807, 2.05) is 12.1 Å². The summed E-state index contributed by atoms with van der Waals surface area (Å²) in [5.41, 5.74) is 3.19. The number of nitrogens with one attached hydrogen (secondary N) is 1. The van der Waals surface area contributed by atoms with E-state index in [1.54, 1.807) is 0 Å². The van der Waals surface area contributed by atoms with Crippen molar-refractivity contribution in [3.8, 4) is 6.07 Å². The lowest BCUT2D eigenvalue weighted by atomic mass is 9.89. The van der Waals surface area contributed by atoms with Gasteiger partial charge in [-0.25, -0.2) is 0 Å². The third kappa shape index (κ3) is 1.30. The number of nitrogens with zero attached hydrogens (tertiary/aromatic N) is 2. The number of fused-ring (bicyclic) bond motifs is 3. The summed E-state index contributed by atoms with van der Waals surface area (Å²) in [4.78, 5) is 2.37. The normalized spacial score (nSPS) is 27.8. The molecule has 1 aromatic rings. The van der Waals surface area contributed by atoms with E-state index in [0.29, 0.717) is 12.0 Å². The molecule has 2 aliphatic heterocycles. The number of benzene rings is 1. The van der Waals surface area contributed by atoms with E-state index in [-0.39, 0.29) is 0 Å². The third-order valence-electron chi connectivity index (χ3n) is 3.76. The number of para-hydroxylation sites is 1. The molecule has 0 saturated carbocycles. The van der Waals surface area contributed by atoms with Crippen LogP contribution in [0.15, 0.2) is 18.2 Å². The summed E-state index contributed by atoms with van der Waals surface area (Å²) in [6.45, 7) is 2.24. The molecule has 1 N–H and O–H groups in total. The predicted molar refractivity (Wildman–Crippen MR) is 63.4 cm³/mol. The van der Waals surface area contributed by atoms with Crippen molar-refractivity contribution in [3.05, 3.63) is 29.3 Å². The summed E-state index contributed by atoms with van der Waals surface area (Å²) in [6, 6.07) is 8.85. The van der Waals surface area contributed by atoms with Crippen LogP contribution in [0.3, 0.4) is 0 Å². The van der Waals surface area contributed by atoms with Crippen molar-refractivity contribution in [2.24, 2.45) is 0 Å². The van der Waals surface area contributed by atoms with Gasteiger partial charge >= 0.3 is 0 Å². The average molecular weight is 213 g/mol. The minimum absolute atomic E-state index is 0.528. The zero-order chi connectivity index (χ0) is 11.1. The highest BCUT2D eigenvalue weighted by Crippen LogP contribution is 2.41. The SMILES string of the molecule is CN1CCC2Nc3c(C#N)cccc3C2C1. The summed E-state index contributed by atoms with van der Waals surface area (Å²) < 4.78 is 0. The summed E-state index contributed by atoms with van der Waals surface area (Å²) in [6.07, 6.45) is 1.17. The summed E-state index contributed by atoms with van der Waals surface area (Å²) in [7, 11) is 2.17. The Bertz CT molecular complexity index is 461. The fourth-order valence-electron chi connectivity index (χ4n) is 2.92. The smallest absolute Gasteiger partial charge is 0.101 e. The van der Waals surface area contributed by atoms with Crippen molar-refractivity contribution < 1.29 is 0 Å². The molecule has 0 radical (unpaired) electrons. The third-order valence-corrected chi connectivity index (χ3v) is 3.76. The predicted octanol–water partition coefficient (Wildman–Crippen LogP) is 1.77. The van der Waals surface area contributed by atoms with E-state index in [4.69, 9.17) is 5.26 Å². The van der Waals surface area contributed by atoms with Crippen LogP contribution in [-0.4, -0.2) is 31.1 Å². The van der Waals surface area contributed by atoms with Crippen molar-refractivity contribution in [2.75, 3.05) is 25.5 Å². The Morgan fingerprint density at radius 2 is 2.38 bits per heavy atom. The molecule has 0 aromatic heterocycles. The molecule has 1 saturated heterocycles. The number of hydrogen-bond acceptors (Lipinski definition) is 3. The molecule has 0 spiro atoms. The lowest BCUT2D eigenvalue weighted by molar-refractivity contribution is 0.243. The lowest BCUT2D eigenvalue weighted by Crippen LogP contribution is -2.39. The number of likely N-dealkylation sites (N-methyl/N-ethyl adjacent to an activating group) is 1. The second kappa shape index (κ2) is 3.50. The minimum Gasteiger partial charge on any atom is -0.380 e. The van der Waals surface area contributed by atoms with Gasteiger partial charge in [0.2, 0.25) is 0 Å². The van der Waals surface area contributed by atoms with Crippen molar-refractivity contribution in [1.29, 1.82) is 5.26 Å². The van der Waals surface area contributed by atoms with Crippen LogP contribution in [0, 0.1) is 11.3 Å². The zero-order valence-electron chi connectivity index (χ0n) is 9.40. The monoisotopic (exact) mass is 213 g/mol. The molecular weight excluding hydrogens is 198 g/mol. The first kappa shape index (κ1) is 9.68. The van der Waals surface area contributed by atoms with E-state index >= 15 is 0 Å². The highest BCUT2D eigenvalue weighted by Gasteiger charge is 2.36. The van der Waals surface area contributed by atoms with Crippen LogP contribution in [0.5, 0.6) is 0 Å². The van der Waals surface area contributed by atoms with Gasteiger partial charge in [-0.05, 0) is 31.6 Å². The van der Waals surface area contributed by atoms with Gasteiger partial charge < -0.3 is 10.2 Å². The molecule has 3 heteroatoms. The first-order chi connectivity index (χ1) is 7.79. The number of piperidine rings is 1. The number of nitriles is 1. The first-order valence-corrected chi connectivity index (χ1v) is 5.77. The van der Waals surface area contributed by atoms with E-state index in [0.717, 1.165) is 24.3 Å². The molecule has 3 rings (SSSR count). The van der Waals surface area contributed by atoms with Crippen LogP contribution in [0.25, 0.3) is 0 Å². The summed E-state index contributed by atoms with van der Waals surface area (Å²) in [5.74, 6) is 0.557. The molecule has 82 valence electrons. The van der Waals surface area contributed by atoms with Crippen LogP contribution in [0.4, 0.5) is 5.69 Å². The molecule has 2 aliphatic rings. The van der Waals surface area contributed by atoms with Crippen molar-refractivity contribution in [1.82, 2.24) is 4.90 Å². The molecule has 0 amide bonds. The minimum atomic E-state index is 0.528. The van der Waals surface area contributed by atoms with Crippen molar-refractivity contribution >= 4 is 5.69 Å². The van der Waals surface area contributed by atoms with E-state index in [1.165, 1.54) is 12.0 Å². The quantitative estimate of drug-likeness (QED) is 0.714. The Morgan fingerprint density at radius 3 is 3.19 bits per heavy atom. The second-order valence-electron chi connectivity index (χ2n) is 4.79. The zero-order valence-corrected chi connectivity index (χ0v) is 9.40. The highest BCUT2D eigenvalue weighted by atomic mass is 15.1. The molecule has 2 unspecified atom stereocenters. The standard InChI is InChI=1S/C13H15N3/c1-16-6-5-12-11(8-16)10-4-2-3-9(7-14)13(10)15-12/h2-4,11-12,15H,5-6,8H2,1H3. The van der Waals surface area contributed by atoms with Gasteiger partial charge in [0, 0.05) is 18.5 Å². The number of likely N-dealkylation sites (tertiary alicyclic amines) is 1. The van der Waals surface area contributed by atoms with Gasteiger partial charge in [0.25, 0.3) is 0 Å². The number of hydrogen-bond donors (Lipinski definition) is 1. The van der Waals surface area contributed by atoms with Gasteiger partial charge in [-0.3, -0.25) is 0 Å². The fraction of sp³-hybridized carbons (Fsp3) is 0.462. The molecule has 3 nitrogen and oxygen atoms in total. The molecular formula is C13H15N3. The van der Waals surface area contributed by atoms with Crippen molar-refractivity contribution in [3.63, 3.8) is 0 Å². The van der Waals surface area contributed by atoms with Crippen LogP contribution >= 0.6 is 0 Å². The van der Waals surface area contributed by atoms with Gasteiger partial charge in [-0.1, -0.05) is 12.1 Å². The lowest BCUT2D eigenvalue weighted by Gasteiger charge is -2.32. The maximum Gasteiger partial charge on any atom is 0.101 e. The first-order valence-electron chi connectivity index (χ1n) is 5.77. The van der Waals surface area contributed by atoms with Gasteiger partial charge in [-0.2, -0.15) is 5.26 Å². The molecule has 1 fully saturated rings. The van der Waals surface area contributed by atoms with Crippen LogP contribution in [0.2, 0.25) is 0 Å². The number of anilines is 1. The Hall–Kier alpha value is -1.53. The Morgan fingerprint density at radius 1 is 1.50 bits per heavy atom. The maximum absolute atomic E-state index is 9.09. The molecule has 0 bridgehead atoms. The highest BCUT2D eigenvalue weighted by molar-refractivity contribution is 5.68. The molecule has 1 aromatic carbocycles. The molecule has 2 atom stereocenters. The van der Waals surface area contributed by atoms with Crippen LogP contribution in [0.1, 0.15) is 23.5 Å². The van der Waals surface area contributed by atoms with Gasteiger partial charge in [0.1, 0.15) is 6.07 Å². The maximum atomic E-state index is 9.09. The van der Waals surface area contributed by atoms with Gasteiger partial charge in [0.15, 0.2) is 0 Å². The van der Waals surface area contributed by atoms with E-state index in [2.05, 4.69) is 29.4 Å². The second-order valence-corrected chi connectivity index (χ2v) is 4.79. The van der Waals surface area contributed by atoms with Crippen molar-refractivity contribution in [2.45, 2.75) is 18.4 Å². The largest absolute Gasteiger partial charge is 0.380 e. The Labute approximate surface area is 95.7 Å². The Kier molecular flexibility index (Phi) is 2.12. The van der Waals surface area contributed by atoms with Crippen LogP contribution < -0.4 is 5.32 Å². The summed E-state index contributed by atoms with van der Waals surface area (Å²) >= 11 is 0. The topological polar surface area (TPSA) is 39.1 Å². The molecule has 2 heterocycles. The Balaban J connectivity index is 2.03. The molecule has 0 aliphatic carbocycles. The van der Waals surface area contributed by atoms with Gasteiger partial charge in [0.05, 0.1) is 11.3 Å². The van der Waals surface area contributed by atoms with Crippen LogP contribution in [-0.2, 0) is 0 Å². The van der Waals surface area contributed by atoms with E-state index in [9.17, 15) is 0 Å².